The molecule has 0 atom stereocenters. The van der Waals surface area contributed by atoms with Crippen molar-refractivity contribution >= 4 is 0 Å². The first kappa shape index (κ1) is 21.3. The van der Waals surface area contributed by atoms with E-state index in [0.29, 0.717) is 11.5 Å². The summed E-state index contributed by atoms with van der Waals surface area (Å²) in [5.41, 5.74) is 4.24. The first-order valence-electron chi connectivity index (χ1n) is 10.7. The molecule has 0 saturated carbocycles. The van der Waals surface area contributed by atoms with Gasteiger partial charge in [-0.1, -0.05) is 42.5 Å². The van der Waals surface area contributed by atoms with Crippen LogP contribution in [0.4, 0.5) is 0 Å². The minimum Gasteiger partial charge on any atom is -0.508 e. The molecule has 0 aliphatic rings. The molecule has 4 aromatic carbocycles. The van der Waals surface area contributed by atoms with Crippen molar-refractivity contribution < 1.29 is 20.1 Å². The predicted octanol–water partition coefficient (Wildman–Crippen LogP) is 6.17. The SMILES string of the molecule is Oc1cccc(CCc2cccc(Oc3ccc(CCc4cccc(O)c4)cc3O)c2)c1. The van der Waals surface area contributed by atoms with Crippen molar-refractivity contribution in [3.8, 4) is 28.7 Å². The third-order valence-electron chi connectivity index (χ3n) is 5.38. The number of aryl methyl sites for hydroxylation is 4. The fraction of sp³-hybridized carbons (Fsp3) is 0.143. The van der Waals surface area contributed by atoms with Crippen molar-refractivity contribution in [3.63, 3.8) is 0 Å². The van der Waals surface area contributed by atoms with Gasteiger partial charge in [-0.05, 0) is 96.5 Å². The molecule has 32 heavy (non-hydrogen) atoms. The number of benzene rings is 4. The summed E-state index contributed by atoms with van der Waals surface area (Å²) in [6, 6.07) is 27.8. The molecule has 162 valence electrons. The lowest BCUT2D eigenvalue weighted by Gasteiger charge is -2.11. The molecule has 4 heteroatoms. The second-order valence-electron chi connectivity index (χ2n) is 7.89. The molecule has 4 aromatic rings. The van der Waals surface area contributed by atoms with Gasteiger partial charge in [0.05, 0.1) is 0 Å². The van der Waals surface area contributed by atoms with E-state index in [0.717, 1.165) is 47.9 Å². The van der Waals surface area contributed by atoms with Crippen molar-refractivity contribution in [2.24, 2.45) is 0 Å². The van der Waals surface area contributed by atoms with E-state index in [1.807, 2.05) is 54.6 Å². The first-order chi connectivity index (χ1) is 15.5. The van der Waals surface area contributed by atoms with Crippen molar-refractivity contribution in [2.75, 3.05) is 0 Å². The molecule has 3 N–H and O–H groups in total. The fourth-order valence-corrected chi connectivity index (χ4v) is 3.70. The van der Waals surface area contributed by atoms with Crippen molar-refractivity contribution in [2.45, 2.75) is 25.7 Å². The third-order valence-corrected chi connectivity index (χ3v) is 5.38. The number of ether oxygens (including phenoxy) is 1. The van der Waals surface area contributed by atoms with E-state index < -0.39 is 0 Å². The van der Waals surface area contributed by atoms with E-state index >= 15 is 0 Å². The second-order valence-corrected chi connectivity index (χ2v) is 7.89. The van der Waals surface area contributed by atoms with Crippen LogP contribution < -0.4 is 4.74 Å². The summed E-state index contributed by atoms with van der Waals surface area (Å²) in [4.78, 5) is 0. The molecule has 0 aromatic heterocycles. The number of hydrogen-bond donors (Lipinski definition) is 3. The quantitative estimate of drug-likeness (QED) is 0.315. The highest BCUT2D eigenvalue weighted by Gasteiger charge is 2.07. The Hall–Kier alpha value is -3.92. The van der Waals surface area contributed by atoms with Gasteiger partial charge < -0.3 is 20.1 Å². The maximum atomic E-state index is 10.5. The van der Waals surface area contributed by atoms with Crippen molar-refractivity contribution in [3.05, 3.63) is 113 Å². The molecule has 0 bridgehead atoms. The molecule has 0 spiro atoms. The monoisotopic (exact) mass is 426 g/mol. The van der Waals surface area contributed by atoms with E-state index in [-0.39, 0.29) is 17.2 Å². The summed E-state index contributed by atoms with van der Waals surface area (Å²) in [6.45, 7) is 0. The Kier molecular flexibility index (Phi) is 6.61. The zero-order valence-electron chi connectivity index (χ0n) is 17.7. The van der Waals surface area contributed by atoms with Crippen molar-refractivity contribution in [1.29, 1.82) is 0 Å². The topological polar surface area (TPSA) is 69.9 Å². The smallest absolute Gasteiger partial charge is 0.169 e. The number of phenolic OH excluding ortho intramolecular Hbond substituents is 3. The van der Waals surface area contributed by atoms with E-state index in [1.165, 1.54) is 0 Å². The van der Waals surface area contributed by atoms with Crippen molar-refractivity contribution in [1.82, 2.24) is 0 Å². The molecule has 0 unspecified atom stereocenters. The van der Waals surface area contributed by atoms with Gasteiger partial charge in [-0.15, -0.1) is 0 Å². The minimum absolute atomic E-state index is 0.101. The van der Waals surface area contributed by atoms with E-state index in [1.54, 1.807) is 36.4 Å². The molecule has 4 rings (SSSR count). The Bertz CT molecular complexity index is 1200. The molecule has 0 saturated heterocycles. The van der Waals surface area contributed by atoms with Crippen LogP contribution in [0.15, 0.2) is 91.0 Å². The van der Waals surface area contributed by atoms with Crippen LogP contribution in [0.5, 0.6) is 28.7 Å². The maximum Gasteiger partial charge on any atom is 0.169 e. The van der Waals surface area contributed by atoms with Crippen LogP contribution in [0.25, 0.3) is 0 Å². The Morgan fingerprint density at radius 1 is 0.500 bits per heavy atom. The van der Waals surface area contributed by atoms with Gasteiger partial charge in [-0.2, -0.15) is 0 Å². The zero-order chi connectivity index (χ0) is 22.3. The average Bonchev–Trinajstić information content (AvgIpc) is 2.78. The van der Waals surface area contributed by atoms with Gasteiger partial charge in [0.25, 0.3) is 0 Å². The van der Waals surface area contributed by atoms with Gasteiger partial charge in [0, 0.05) is 0 Å². The zero-order valence-corrected chi connectivity index (χ0v) is 17.7. The average molecular weight is 427 g/mol. The summed E-state index contributed by atoms with van der Waals surface area (Å²) in [7, 11) is 0. The number of phenols is 3. The van der Waals surface area contributed by atoms with Gasteiger partial charge in [-0.25, -0.2) is 0 Å². The molecule has 0 heterocycles. The van der Waals surface area contributed by atoms with Gasteiger partial charge in [0.1, 0.15) is 17.2 Å². The molecule has 0 aliphatic heterocycles. The van der Waals surface area contributed by atoms with Crippen LogP contribution in [-0.4, -0.2) is 15.3 Å². The van der Waals surface area contributed by atoms with Crippen LogP contribution in [-0.2, 0) is 25.7 Å². The summed E-state index contributed by atoms with van der Waals surface area (Å²) in [6.07, 6.45) is 3.16. The fourth-order valence-electron chi connectivity index (χ4n) is 3.70. The van der Waals surface area contributed by atoms with Gasteiger partial charge >= 0.3 is 0 Å². The predicted molar refractivity (Wildman–Crippen MR) is 126 cm³/mol. The number of aromatic hydroxyl groups is 3. The summed E-state index contributed by atoms with van der Waals surface area (Å²) in [5.74, 6) is 1.72. The molecule has 0 fully saturated rings. The Balaban J connectivity index is 1.37. The Morgan fingerprint density at radius 2 is 1.00 bits per heavy atom. The normalized spacial score (nSPS) is 10.8. The largest absolute Gasteiger partial charge is 0.508 e. The first-order valence-corrected chi connectivity index (χ1v) is 10.7. The number of rotatable bonds is 8. The minimum atomic E-state index is 0.101. The molecular weight excluding hydrogens is 400 g/mol. The molecular formula is C28H26O4. The van der Waals surface area contributed by atoms with Crippen LogP contribution in [0.1, 0.15) is 22.3 Å². The third kappa shape index (κ3) is 5.82. The molecule has 4 nitrogen and oxygen atoms in total. The standard InChI is InChI=1S/C28H26O4/c29-24-7-1-4-20(16-24)10-12-22-6-3-9-26(18-22)32-28-15-14-23(19-27(28)31)13-11-21-5-2-8-25(30)17-21/h1-9,14-19,29-31H,10-13H2. The summed E-state index contributed by atoms with van der Waals surface area (Å²) in [5, 5.41) is 29.7. The molecule has 0 radical (unpaired) electrons. The summed E-state index contributed by atoms with van der Waals surface area (Å²) >= 11 is 0. The lowest BCUT2D eigenvalue weighted by molar-refractivity contribution is 0.410. The van der Waals surface area contributed by atoms with Crippen LogP contribution in [0.2, 0.25) is 0 Å². The highest BCUT2D eigenvalue weighted by Crippen LogP contribution is 2.32. The molecule has 0 amide bonds. The lowest BCUT2D eigenvalue weighted by atomic mass is 10.0. The van der Waals surface area contributed by atoms with Crippen LogP contribution in [0.3, 0.4) is 0 Å². The Morgan fingerprint density at radius 3 is 1.53 bits per heavy atom. The van der Waals surface area contributed by atoms with E-state index in [4.69, 9.17) is 4.74 Å². The van der Waals surface area contributed by atoms with Crippen LogP contribution in [0, 0.1) is 0 Å². The van der Waals surface area contributed by atoms with E-state index in [9.17, 15) is 15.3 Å². The van der Waals surface area contributed by atoms with E-state index in [2.05, 4.69) is 0 Å². The van der Waals surface area contributed by atoms with Crippen LogP contribution >= 0.6 is 0 Å². The highest BCUT2D eigenvalue weighted by atomic mass is 16.5. The molecule has 0 aliphatic carbocycles. The number of hydrogen-bond acceptors (Lipinski definition) is 4. The highest BCUT2D eigenvalue weighted by molar-refractivity contribution is 5.45. The van der Waals surface area contributed by atoms with Gasteiger partial charge in [0.15, 0.2) is 11.5 Å². The summed E-state index contributed by atoms with van der Waals surface area (Å²) < 4.78 is 5.93. The van der Waals surface area contributed by atoms with Gasteiger partial charge in [0.2, 0.25) is 0 Å². The van der Waals surface area contributed by atoms with Gasteiger partial charge in [-0.3, -0.25) is 0 Å². The second kappa shape index (κ2) is 9.92. The maximum absolute atomic E-state index is 10.5. The lowest BCUT2D eigenvalue weighted by Crippen LogP contribution is -1.94. The Labute approximate surface area is 188 Å².